The number of quaternary nitrogens is 1. The highest BCUT2D eigenvalue weighted by atomic mass is 16.2. The van der Waals surface area contributed by atoms with Crippen molar-refractivity contribution in [3.05, 3.63) is 90.0 Å². The van der Waals surface area contributed by atoms with Crippen LogP contribution >= 0.6 is 0 Å². The number of hydrogen-bond donors (Lipinski definition) is 2. The van der Waals surface area contributed by atoms with Gasteiger partial charge in [-0.2, -0.15) is 5.10 Å². The number of likely N-dealkylation sites (tertiary alicyclic amines) is 1. The lowest BCUT2D eigenvalue weighted by Crippen LogP contribution is -2.62. The summed E-state index contributed by atoms with van der Waals surface area (Å²) in [6.07, 6.45) is 5.18. The molecule has 172 valence electrons. The van der Waals surface area contributed by atoms with Crippen molar-refractivity contribution in [2.45, 2.75) is 32.7 Å². The number of nitrogens with two attached hydrogens (primary N) is 1. The third-order valence-electron chi connectivity index (χ3n) is 6.96. The number of aromatic amines is 1. The molecule has 2 atom stereocenters. The Balaban J connectivity index is 1.77. The lowest BCUT2D eigenvalue weighted by molar-refractivity contribution is -0.121. The Bertz CT molecular complexity index is 1350. The van der Waals surface area contributed by atoms with E-state index in [1.807, 2.05) is 91.5 Å². The molecular formula is C27H28N5O2+. The van der Waals surface area contributed by atoms with Crippen molar-refractivity contribution in [2.75, 3.05) is 6.54 Å². The van der Waals surface area contributed by atoms with Crippen molar-refractivity contribution >= 4 is 17.5 Å². The predicted octanol–water partition coefficient (Wildman–Crippen LogP) is 4.28. The summed E-state index contributed by atoms with van der Waals surface area (Å²) < 4.78 is 1.85. The minimum atomic E-state index is -0.649. The van der Waals surface area contributed by atoms with Gasteiger partial charge in [0.25, 0.3) is 5.91 Å². The molecule has 1 aliphatic rings. The van der Waals surface area contributed by atoms with Gasteiger partial charge in [0.2, 0.25) is 0 Å². The third kappa shape index (κ3) is 3.28. The number of rotatable bonds is 5. The van der Waals surface area contributed by atoms with Crippen LogP contribution in [0.25, 0.3) is 16.8 Å². The molecule has 34 heavy (non-hydrogen) atoms. The van der Waals surface area contributed by atoms with Gasteiger partial charge >= 0.3 is 5.91 Å². The largest absolute Gasteiger partial charge is 0.364 e. The molecule has 3 N–H and O–H groups in total. The van der Waals surface area contributed by atoms with Gasteiger partial charge in [-0.15, -0.1) is 0 Å². The molecule has 1 saturated heterocycles. The zero-order chi connectivity index (χ0) is 23.9. The summed E-state index contributed by atoms with van der Waals surface area (Å²) in [5, 5.41) is 7.36. The Hall–Kier alpha value is -3.97. The smallest absolute Gasteiger partial charge is 0.352 e. The molecule has 0 aliphatic carbocycles. The van der Waals surface area contributed by atoms with Crippen LogP contribution in [0.5, 0.6) is 0 Å². The molecule has 7 heteroatoms. The van der Waals surface area contributed by atoms with Gasteiger partial charge in [-0.05, 0) is 38.1 Å². The standard InChI is InChI=1S/C27H27N5O2/c1-18-25(19(2)30-29-18)20-10-3-4-11-21(20)27(34)32(17-9-14-24(32)26(28)33)23-13-6-5-12-22(23)31-15-7-8-16-31/h3-8,10-13,15-16,24H,9,14,17H2,1-2H3,(H2-,28,29,30,33,34)/p+1/t24-,32?/m0/s1. The Kier molecular flexibility index (Phi) is 5.42. The molecule has 1 aliphatic heterocycles. The number of nitrogens with zero attached hydrogens (tertiary/aromatic N) is 3. The quantitative estimate of drug-likeness (QED) is 0.441. The molecule has 1 fully saturated rings. The van der Waals surface area contributed by atoms with Crippen molar-refractivity contribution in [3.63, 3.8) is 0 Å². The maximum absolute atomic E-state index is 14.7. The fourth-order valence-corrected chi connectivity index (χ4v) is 5.48. The number of aromatic nitrogens is 3. The summed E-state index contributed by atoms with van der Waals surface area (Å²) in [7, 11) is 0. The second-order valence-electron chi connectivity index (χ2n) is 8.89. The number of nitrogens with one attached hydrogen (secondary N) is 1. The summed E-state index contributed by atoms with van der Waals surface area (Å²) >= 11 is 0. The number of carbonyl (C=O) groups excluding carboxylic acids is 2. The molecule has 0 radical (unpaired) electrons. The average Bonchev–Trinajstić information content (AvgIpc) is 3.59. The van der Waals surface area contributed by atoms with Gasteiger partial charge in [-0.3, -0.25) is 9.89 Å². The van der Waals surface area contributed by atoms with Gasteiger partial charge in [-0.25, -0.2) is 9.28 Å². The van der Waals surface area contributed by atoms with E-state index in [0.29, 0.717) is 18.5 Å². The molecule has 2 aromatic heterocycles. The zero-order valence-corrected chi connectivity index (χ0v) is 19.4. The lowest BCUT2D eigenvalue weighted by atomic mass is 9.95. The summed E-state index contributed by atoms with van der Waals surface area (Å²) in [6.45, 7) is 4.38. The molecule has 1 unspecified atom stereocenters. The molecule has 3 heterocycles. The highest BCUT2D eigenvalue weighted by Crippen LogP contribution is 2.42. The van der Waals surface area contributed by atoms with Gasteiger partial charge in [0.05, 0.1) is 17.8 Å². The van der Waals surface area contributed by atoms with Crippen LogP contribution in [-0.4, -0.2) is 39.2 Å². The maximum Gasteiger partial charge on any atom is 0.352 e. The van der Waals surface area contributed by atoms with Crippen LogP contribution < -0.4 is 10.2 Å². The minimum Gasteiger partial charge on any atom is -0.364 e. The van der Waals surface area contributed by atoms with Crippen molar-refractivity contribution in [1.29, 1.82) is 0 Å². The number of para-hydroxylation sites is 2. The van der Waals surface area contributed by atoms with Crippen LogP contribution in [0.2, 0.25) is 0 Å². The molecule has 7 nitrogen and oxygen atoms in total. The number of H-pyrrole nitrogens is 1. The van der Waals surface area contributed by atoms with E-state index in [-0.39, 0.29) is 10.4 Å². The van der Waals surface area contributed by atoms with Crippen LogP contribution in [0.15, 0.2) is 73.1 Å². The molecule has 0 saturated carbocycles. The Morgan fingerprint density at radius 1 is 1.03 bits per heavy atom. The van der Waals surface area contributed by atoms with E-state index in [1.54, 1.807) is 0 Å². The monoisotopic (exact) mass is 454 g/mol. The fourth-order valence-electron chi connectivity index (χ4n) is 5.48. The molecule has 4 aromatic rings. The van der Waals surface area contributed by atoms with Crippen LogP contribution in [0.4, 0.5) is 5.69 Å². The first-order chi connectivity index (χ1) is 16.4. The van der Waals surface area contributed by atoms with Gasteiger partial charge in [0.15, 0.2) is 11.7 Å². The summed E-state index contributed by atoms with van der Waals surface area (Å²) in [5.41, 5.74) is 11.6. The van der Waals surface area contributed by atoms with E-state index in [4.69, 9.17) is 5.73 Å². The maximum atomic E-state index is 14.7. The van der Waals surface area contributed by atoms with E-state index >= 15 is 0 Å². The normalized spacial score (nSPS) is 19.9. The first kappa shape index (κ1) is 21.9. The van der Waals surface area contributed by atoms with Crippen molar-refractivity contribution < 1.29 is 9.59 Å². The summed E-state index contributed by atoms with van der Waals surface area (Å²) in [5.74, 6) is -0.585. The van der Waals surface area contributed by atoms with Crippen molar-refractivity contribution in [3.8, 4) is 16.8 Å². The second-order valence-corrected chi connectivity index (χ2v) is 8.89. The van der Waals surface area contributed by atoms with Crippen LogP contribution in [0, 0.1) is 13.8 Å². The molecule has 2 aromatic carbocycles. The Labute approximate surface area is 198 Å². The first-order valence-corrected chi connectivity index (χ1v) is 11.5. The highest BCUT2D eigenvalue weighted by Gasteiger charge is 2.54. The molecule has 0 spiro atoms. The van der Waals surface area contributed by atoms with E-state index < -0.39 is 11.9 Å². The SMILES string of the molecule is Cc1n[nH]c(C)c1-c1ccccc1C(=O)[N+]1(c2ccccc2-n2cccc2)CCC[C@H]1C(N)=O. The van der Waals surface area contributed by atoms with Crippen molar-refractivity contribution in [1.82, 2.24) is 19.2 Å². The summed E-state index contributed by atoms with van der Waals surface area (Å²) in [6, 6.07) is 18.6. The van der Waals surface area contributed by atoms with E-state index in [0.717, 1.165) is 40.3 Å². The van der Waals surface area contributed by atoms with Crippen LogP contribution in [0.1, 0.15) is 34.6 Å². The molecule has 5 rings (SSSR count). The third-order valence-corrected chi connectivity index (χ3v) is 6.96. The average molecular weight is 455 g/mol. The molecular weight excluding hydrogens is 426 g/mol. The van der Waals surface area contributed by atoms with Gasteiger partial charge in [0, 0.05) is 48.1 Å². The minimum absolute atomic E-state index is 0.128. The molecule has 0 bridgehead atoms. The number of aryl methyl sites for hydroxylation is 2. The van der Waals surface area contributed by atoms with Gasteiger partial charge in [0.1, 0.15) is 5.69 Å². The Morgan fingerprint density at radius 3 is 2.44 bits per heavy atom. The zero-order valence-electron chi connectivity index (χ0n) is 19.4. The van der Waals surface area contributed by atoms with E-state index in [1.165, 1.54) is 0 Å². The number of carbonyl (C=O) groups is 2. The number of primary amides is 1. The van der Waals surface area contributed by atoms with Crippen LogP contribution in [0.3, 0.4) is 0 Å². The highest BCUT2D eigenvalue weighted by molar-refractivity contribution is 6.10. The first-order valence-electron chi connectivity index (χ1n) is 11.5. The molecule has 2 amide bonds. The van der Waals surface area contributed by atoms with E-state index in [2.05, 4.69) is 10.2 Å². The number of hydrogen-bond acceptors (Lipinski definition) is 3. The van der Waals surface area contributed by atoms with Gasteiger partial charge in [-0.1, -0.05) is 30.3 Å². The lowest BCUT2D eigenvalue weighted by Gasteiger charge is -2.37. The number of amides is 2. The van der Waals surface area contributed by atoms with Gasteiger partial charge < -0.3 is 10.3 Å². The topological polar surface area (TPSA) is 93.8 Å². The second kappa shape index (κ2) is 8.43. The Morgan fingerprint density at radius 2 is 1.74 bits per heavy atom. The predicted molar refractivity (Wildman–Crippen MR) is 132 cm³/mol. The number of benzene rings is 2. The van der Waals surface area contributed by atoms with E-state index in [9.17, 15) is 9.59 Å². The summed E-state index contributed by atoms with van der Waals surface area (Å²) in [4.78, 5) is 27.4. The fraction of sp³-hybridized carbons (Fsp3) is 0.222. The van der Waals surface area contributed by atoms with Crippen LogP contribution in [-0.2, 0) is 4.79 Å². The van der Waals surface area contributed by atoms with Crippen molar-refractivity contribution in [2.24, 2.45) is 5.73 Å².